The molecule has 0 radical (unpaired) electrons. The summed E-state index contributed by atoms with van der Waals surface area (Å²) in [6, 6.07) is 19.4. The zero-order chi connectivity index (χ0) is 30.7. The largest absolute Gasteiger partial charge is 0.438 e. The Balaban J connectivity index is 1.33. The van der Waals surface area contributed by atoms with E-state index in [2.05, 4.69) is 15.3 Å². The number of benzene rings is 3. The number of amides is 1. The number of hydrogen-bond donors (Lipinski definition) is 3. The van der Waals surface area contributed by atoms with Crippen LogP contribution in [0.25, 0.3) is 5.69 Å². The number of carbonyl (C=O) groups excluding carboxylic acids is 1. The average Bonchev–Trinajstić information content (AvgIpc) is 3.27. The summed E-state index contributed by atoms with van der Waals surface area (Å²) in [5.74, 6) is -0.445. The number of ether oxygens (including phenoxy) is 1. The van der Waals surface area contributed by atoms with Crippen molar-refractivity contribution in [3.8, 4) is 17.3 Å². The molecule has 12 heteroatoms. The molecule has 43 heavy (non-hydrogen) atoms. The van der Waals surface area contributed by atoms with Crippen LogP contribution in [0.3, 0.4) is 0 Å². The van der Waals surface area contributed by atoms with Crippen molar-refractivity contribution < 1.29 is 13.9 Å². The molecule has 5 aromatic rings. The van der Waals surface area contributed by atoms with Crippen molar-refractivity contribution in [2.24, 2.45) is 7.05 Å². The molecule has 2 aromatic heterocycles. The Morgan fingerprint density at radius 1 is 1.07 bits per heavy atom. The number of nitrogens with one attached hydrogen (secondary N) is 2. The van der Waals surface area contributed by atoms with E-state index in [-0.39, 0.29) is 28.5 Å². The average molecular weight is 581 g/mol. The van der Waals surface area contributed by atoms with E-state index in [1.54, 1.807) is 31.3 Å². The summed E-state index contributed by atoms with van der Waals surface area (Å²) in [6.45, 7) is 0.711. The van der Waals surface area contributed by atoms with Crippen LogP contribution < -0.4 is 21.3 Å². The molecule has 5 rings (SSSR count). The van der Waals surface area contributed by atoms with E-state index in [4.69, 9.17) is 15.9 Å². The van der Waals surface area contributed by atoms with Gasteiger partial charge in [0.1, 0.15) is 34.8 Å². The Hall–Kier alpha value is -5.62. The van der Waals surface area contributed by atoms with Crippen molar-refractivity contribution in [1.82, 2.24) is 24.2 Å². The number of rotatable bonds is 9. The number of nitrogens with zero attached hydrogens (tertiary/aromatic N) is 5. The number of nitrogens with two attached hydrogens (primary N) is 1. The van der Waals surface area contributed by atoms with Crippen LogP contribution in [-0.2, 0) is 13.6 Å². The lowest BCUT2D eigenvalue weighted by atomic mass is 10.0. The van der Waals surface area contributed by atoms with Gasteiger partial charge in [0.15, 0.2) is 0 Å². The van der Waals surface area contributed by atoms with Gasteiger partial charge in [-0.3, -0.25) is 19.7 Å². The molecular formula is C31H29FN8O3. The Bertz CT molecular complexity index is 1860. The van der Waals surface area contributed by atoms with Crippen LogP contribution in [0, 0.1) is 11.2 Å². The molecule has 0 saturated heterocycles. The van der Waals surface area contributed by atoms with E-state index in [1.165, 1.54) is 46.2 Å². The van der Waals surface area contributed by atoms with E-state index < -0.39 is 17.3 Å². The summed E-state index contributed by atoms with van der Waals surface area (Å²) < 4.78 is 22.1. The van der Waals surface area contributed by atoms with Crippen molar-refractivity contribution in [2.75, 3.05) is 25.1 Å². The molecule has 2 heterocycles. The number of nitrogen functional groups attached to an aromatic ring is 1. The summed E-state index contributed by atoms with van der Waals surface area (Å²) in [7, 11) is 5.55. The quantitative estimate of drug-likeness (QED) is 0.222. The monoisotopic (exact) mass is 580 g/mol. The summed E-state index contributed by atoms with van der Waals surface area (Å²) in [6.07, 6.45) is 2.67. The fraction of sp³-hybridized carbons (Fsp3) is 0.129. The van der Waals surface area contributed by atoms with Crippen molar-refractivity contribution in [3.63, 3.8) is 0 Å². The maximum Gasteiger partial charge on any atom is 0.284 e. The van der Waals surface area contributed by atoms with Gasteiger partial charge in [-0.1, -0.05) is 18.2 Å². The third kappa shape index (κ3) is 6.34. The predicted molar refractivity (Wildman–Crippen MR) is 162 cm³/mol. The highest BCUT2D eigenvalue weighted by Gasteiger charge is 2.20. The van der Waals surface area contributed by atoms with Crippen molar-refractivity contribution >= 4 is 23.1 Å². The number of carbonyl (C=O) groups is 1. The minimum atomic E-state index is -0.606. The second-order valence-corrected chi connectivity index (χ2v) is 10.0. The topological polar surface area (TPSA) is 144 Å². The van der Waals surface area contributed by atoms with Gasteiger partial charge in [-0.05, 0) is 74.3 Å². The van der Waals surface area contributed by atoms with Gasteiger partial charge in [0, 0.05) is 31.0 Å². The maximum atomic E-state index is 13.3. The third-order valence-corrected chi connectivity index (χ3v) is 6.50. The molecule has 11 nitrogen and oxygen atoms in total. The standard InChI is InChI=1S/C31H29FN8O3/c1-38(2)16-19-5-4-6-20(15-19)27(33)26-28(34)35-18-36-30(26)43-24-13-9-22(10-14-24)37-29(41)25-17-39(3)40(31(25)42)23-11-7-21(32)8-12-23/h4-15,17-18,33H,16H2,1-3H3,(H,37,41)(H2,34,35,36). The maximum absolute atomic E-state index is 13.3. The highest BCUT2D eigenvalue weighted by Crippen LogP contribution is 2.29. The first-order valence-corrected chi connectivity index (χ1v) is 13.2. The minimum absolute atomic E-state index is 0.0820. The second-order valence-electron chi connectivity index (χ2n) is 10.0. The van der Waals surface area contributed by atoms with E-state index in [1.807, 2.05) is 43.3 Å². The van der Waals surface area contributed by atoms with E-state index in [0.29, 0.717) is 29.2 Å². The molecule has 0 bridgehead atoms. The SMILES string of the molecule is CN(C)Cc1cccc(C(=N)c2c(N)ncnc2Oc2ccc(NC(=O)c3cn(C)n(-c4ccc(F)cc4)c3=O)cc2)c1. The molecule has 0 unspecified atom stereocenters. The molecule has 0 atom stereocenters. The molecule has 218 valence electrons. The Labute approximate surface area is 246 Å². The van der Waals surface area contributed by atoms with Crippen LogP contribution in [-0.4, -0.2) is 49.9 Å². The molecule has 0 saturated carbocycles. The van der Waals surface area contributed by atoms with E-state index in [9.17, 15) is 14.0 Å². The van der Waals surface area contributed by atoms with Crippen LogP contribution in [0.15, 0.2) is 90.1 Å². The third-order valence-electron chi connectivity index (χ3n) is 6.50. The number of aromatic nitrogens is 4. The van der Waals surface area contributed by atoms with E-state index >= 15 is 0 Å². The number of hydrogen-bond acceptors (Lipinski definition) is 8. The molecule has 4 N–H and O–H groups in total. The van der Waals surface area contributed by atoms with Crippen LogP contribution >= 0.6 is 0 Å². The molecule has 1 amide bonds. The highest BCUT2D eigenvalue weighted by atomic mass is 19.1. The summed E-state index contributed by atoms with van der Waals surface area (Å²) in [5.41, 5.74) is 8.42. The Morgan fingerprint density at radius 2 is 1.79 bits per heavy atom. The van der Waals surface area contributed by atoms with Gasteiger partial charge in [0.25, 0.3) is 11.5 Å². The Kier molecular flexibility index (Phi) is 8.12. The highest BCUT2D eigenvalue weighted by molar-refractivity contribution is 6.14. The van der Waals surface area contributed by atoms with Gasteiger partial charge in [-0.25, -0.2) is 19.0 Å². The summed E-state index contributed by atoms with van der Waals surface area (Å²) in [4.78, 5) is 36.2. The number of aryl methyl sites for hydroxylation is 1. The lowest BCUT2D eigenvalue weighted by Crippen LogP contribution is -2.25. The van der Waals surface area contributed by atoms with Gasteiger partial charge in [-0.15, -0.1) is 0 Å². The van der Waals surface area contributed by atoms with Crippen LogP contribution in [0.2, 0.25) is 0 Å². The molecule has 0 aliphatic heterocycles. The first kappa shape index (κ1) is 28.9. The van der Waals surface area contributed by atoms with Crippen molar-refractivity contribution in [3.05, 3.63) is 124 Å². The van der Waals surface area contributed by atoms with Gasteiger partial charge in [-0.2, -0.15) is 0 Å². The molecule has 0 spiro atoms. The summed E-state index contributed by atoms with van der Waals surface area (Å²) in [5, 5.41) is 11.5. The zero-order valence-electron chi connectivity index (χ0n) is 23.7. The van der Waals surface area contributed by atoms with Crippen LogP contribution in [0.4, 0.5) is 15.9 Å². The number of anilines is 2. The van der Waals surface area contributed by atoms with Crippen molar-refractivity contribution in [1.29, 1.82) is 5.41 Å². The van der Waals surface area contributed by atoms with Gasteiger partial charge in [0.2, 0.25) is 5.88 Å². The lowest BCUT2D eigenvalue weighted by Gasteiger charge is -2.14. The first-order valence-electron chi connectivity index (χ1n) is 13.2. The fourth-order valence-electron chi connectivity index (χ4n) is 4.54. The van der Waals surface area contributed by atoms with Gasteiger partial charge in [0.05, 0.1) is 11.4 Å². The molecule has 3 aromatic carbocycles. The molecule has 0 aliphatic carbocycles. The smallest absolute Gasteiger partial charge is 0.284 e. The predicted octanol–water partition coefficient (Wildman–Crippen LogP) is 4.21. The van der Waals surface area contributed by atoms with Gasteiger partial charge >= 0.3 is 0 Å². The van der Waals surface area contributed by atoms with Crippen molar-refractivity contribution in [2.45, 2.75) is 6.54 Å². The zero-order valence-corrected chi connectivity index (χ0v) is 23.7. The molecule has 0 aliphatic rings. The second kappa shape index (κ2) is 12.1. The molecule has 0 fully saturated rings. The van der Waals surface area contributed by atoms with Gasteiger partial charge < -0.3 is 20.7 Å². The first-order chi connectivity index (χ1) is 20.6. The minimum Gasteiger partial charge on any atom is -0.438 e. The summed E-state index contributed by atoms with van der Waals surface area (Å²) >= 11 is 0. The van der Waals surface area contributed by atoms with Crippen LogP contribution in [0.5, 0.6) is 11.6 Å². The lowest BCUT2D eigenvalue weighted by molar-refractivity contribution is 0.102. The van der Waals surface area contributed by atoms with E-state index in [0.717, 1.165) is 5.56 Å². The normalized spacial score (nSPS) is 11.0. The number of halogens is 1. The fourth-order valence-corrected chi connectivity index (χ4v) is 4.54. The Morgan fingerprint density at radius 3 is 2.49 bits per heavy atom. The van der Waals surface area contributed by atoms with Crippen LogP contribution in [0.1, 0.15) is 27.0 Å². The molecular weight excluding hydrogens is 551 g/mol.